The van der Waals surface area contributed by atoms with Gasteiger partial charge in [-0.05, 0) is 18.6 Å². The number of hydrogen-bond donors (Lipinski definition) is 2. The van der Waals surface area contributed by atoms with Crippen molar-refractivity contribution in [2.75, 3.05) is 25.5 Å². The first-order valence-electron chi connectivity index (χ1n) is 5.66. The predicted molar refractivity (Wildman–Crippen MR) is 68.8 cm³/mol. The van der Waals surface area contributed by atoms with Gasteiger partial charge in [-0.2, -0.15) is 0 Å². The molecule has 0 bridgehead atoms. The van der Waals surface area contributed by atoms with Crippen molar-refractivity contribution < 1.29 is 4.79 Å². The van der Waals surface area contributed by atoms with Crippen LogP contribution in [0.3, 0.4) is 0 Å². The van der Waals surface area contributed by atoms with Crippen LogP contribution in [0.25, 0.3) is 0 Å². The second-order valence-corrected chi connectivity index (χ2v) is 3.98. The molecule has 0 radical (unpaired) electrons. The molecule has 0 aromatic carbocycles. The van der Waals surface area contributed by atoms with Crippen LogP contribution in [-0.2, 0) is 11.3 Å². The van der Waals surface area contributed by atoms with Gasteiger partial charge in [-0.1, -0.05) is 0 Å². The third kappa shape index (κ3) is 3.42. The molecule has 17 heavy (non-hydrogen) atoms. The molecule has 0 aliphatic carbocycles. The predicted octanol–water partition coefficient (Wildman–Crippen LogP) is 0.421. The molecule has 0 saturated carbocycles. The van der Waals surface area contributed by atoms with E-state index in [1.54, 1.807) is 13.2 Å². The summed E-state index contributed by atoms with van der Waals surface area (Å²) in [5.74, 6) is 0.884. The number of nitrogens with two attached hydrogens (primary N) is 1. The lowest BCUT2D eigenvalue weighted by atomic mass is 10.1. The number of amides is 1. The van der Waals surface area contributed by atoms with Gasteiger partial charge >= 0.3 is 0 Å². The van der Waals surface area contributed by atoms with Gasteiger partial charge in [-0.25, -0.2) is 4.98 Å². The molecule has 0 aliphatic heterocycles. The zero-order chi connectivity index (χ0) is 12.8. The molecule has 5 nitrogen and oxygen atoms in total. The van der Waals surface area contributed by atoms with Crippen molar-refractivity contribution in [2.45, 2.75) is 19.9 Å². The van der Waals surface area contributed by atoms with Crippen LogP contribution >= 0.6 is 0 Å². The third-order valence-corrected chi connectivity index (χ3v) is 2.79. The molecule has 0 fully saturated rings. The lowest BCUT2D eigenvalue weighted by Crippen LogP contribution is -2.28. The average Bonchev–Trinajstić information content (AvgIpc) is 2.35. The van der Waals surface area contributed by atoms with Crippen LogP contribution in [0, 0.1) is 6.92 Å². The van der Waals surface area contributed by atoms with Crippen molar-refractivity contribution in [3.63, 3.8) is 0 Å². The van der Waals surface area contributed by atoms with Gasteiger partial charge in [-0.15, -0.1) is 0 Å². The Morgan fingerprint density at radius 1 is 1.59 bits per heavy atom. The highest BCUT2D eigenvalue weighted by Gasteiger charge is 2.11. The SMILES string of the molecule is CNC(=O)CCN(C)c1nccc(C)c1CN. The second kappa shape index (κ2) is 6.20. The van der Waals surface area contributed by atoms with Crippen molar-refractivity contribution in [3.05, 3.63) is 23.4 Å². The maximum Gasteiger partial charge on any atom is 0.221 e. The Labute approximate surface area is 102 Å². The minimum absolute atomic E-state index is 0.0267. The number of nitrogens with one attached hydrogen (secondary N) is 1. The minimum atomic E-state index is 0.0267. The summed E-state index contributed by atoms with van der Waals surface area (Å²) in [4.78, 5) is 17.5. The van der Waals surface area contributed by atoms with Crippen molar-refractivity contribution in [2.24, 2.45) is 5.73 Å². The molecule has 1 rings (SSSR count). The molecule has 0 atom stereocenters. The minimum Gasteiger partial charge on any atom is -0.359 e. The molecule has 0 spiro atoms. The molecule has 0 aliphatic rings. The molecular weight excluding hydrogens is 216 g/mol. The summed E-state index contributed by atoms with van der Waals surface area (Å²) in [7, 11) is 3.56. The first-order chi connectivity index (χ1) is 8.10. The van der Waals surface area contributed by atoms with E-state index in [2.05, 4.69) is 10.3 Å². The molecular formula is C12H20N4O. The monoisotopic (exact) mass is 236 g/mol. The number of carbonyl (C=O) groups is 1. The van der Waals surface area contributed by atoms with Crippen LogP contribution in [0.15, 0.2) is 12.3 Å². The van der Waals surface area contributed by atoms with Gasteiger partial charge in [0.1, 0.15) is 5.82 Å². The summed E-state index contributed by atoms with van der Waals surface area (Å²) in [6.07, 6.45) is 2.22. The fourth-order valence-corrected chi connectivity index (χ4v) is 1.66. The van der Waals surface area contributed by atoms with Gasteiger partial charge in [0.05, 0.1) is 0 Å². The molecule has 94 valence electrons. The molecule has 1 aromatic heterocycles. The molecule has 5 heteroatoms. The van der Waals surface area contributed by atoms with E-state index in [9.17, 15) is 4.79 Å². The third-order valence-electron chi connectivity index (χ3n) is 2.79. The van der Waals surface area contributed by atoms with Gasteiger partial charge in [0.25, 0.3) is 0 Å². The van der Waals surface area contributed by atoms with E-state index in [1.807, 2.05) is 24.9 Å². The standard InChI is InChI=1S/C12H20N4O/c1-9-4-6-15-12(10(9)8-13)16(3)7-5-11(17)14-2/h4,6H,5,7-8,13H2,1-3H3,(H,14,17). The fraction of sp³-hybridized carbons (Fsp3) is 0.500. The summed E-state index contributed by atoms with van der Waals surface area (Å²) in [6.45, 7) is 3.10. The van der Waals surface area contributed by atoms with Crippen LogP contribution < -0.4 is 16.0 Å². The summed E-state index contributed by atoms with van der Waals surface area (Å²) >= 11 is 0. The Hall–Kier alpha value is -1.62. The molecule has 1 aromatic rings. The second-order valence-electron chi connectivity index (χ2n) is 3.98. The van der Waals surface area contributed by atoms with E-state index >= 15 is 0 Å². The smallest absolute Gasteiger partial charge is 0.221 e. The normalized spacial score (nSPS) is 10.1. The zero-order valence-corrected chi connectivity index (χ0v) is 10.7. The molecule has 0 saturated heterocycles. The van der Waals surface area contributed by atoms with Gasteiger partial charge in [-0.3, -0.25) is 4.79 Å². The summed E-state index contributed by atoms with van der Waals surface area (Å²) < 4.78 is 0. The Morgan fingerprint density at radius 3 is 2.88 bits per heavy atom. The highest BCUT2D eigenvalue weighted by atomic mass is 16.1. The molecule has 1 heterocycles. The van der Waals surface area contributed by atoms with E-state index < -0.39 is 0 Å². The Morgan fingerprint density at radius 2 is 2.29 bits per heavy atom. The maximum atomic E-state index is 11.2. The number of anilines is 1. The topological polar surface area (TPSA) is 71.2 Å². The lowest BCUT2D eigenvalue weighted by molar-refractivity contribution is -0.120. The summed E-state index contributed by atoms with van der Waals surface area (Å²) in [5.41, 5.74) is 7.89. The average molecular weight is 236 g/mol. The maximum absolute atomic E-state index is 11.2. The number of rotatable bonds is 5. The van der Waals surface area contributed by atoms with Gasteiger partial charge in [0.15, 0.2) is 0 Å². The van der Waals surface area contributed by atoms with Crippen molar-refractivity contribution in [3.8, 4) is 0 Å². The van der Waals surface area contributed by atoms with E-state index in [4.69, 9.17) is 5.73 Å². The fourth-order valence-electron chi connectivity index (χ4n) is 1.66. The van der Waals surface area contributed by atoms with Crippen molar-refractivity contribution in [1.82, 2.24) is 10.3 Å². The van der Waals surface area contributed by atoms with Gasteiger partial charge < -0.3 is 16.0 Å². The highest BCUT2D eigenvalue weighted by molar-refractivity contribution is 5.76. The van der Waals surface area contributed by atoms with Crippen LogP contribution in [0.2, 0.25) is 0 Å². The number of aryl methyl sites for hydroxylation is 1. The van der Waals surface area contributed by atoms with E-state index in [0.29, 0.717) is 19.5 Å². The van der Waals surface area contributed by atoms with Crippen LogP contribution in [0.5, 0.6) is 0 Å². The number of aromatic nitrogens is 1. The number of nitrogens with zero attached hydrogens (tertiary/aromatic N) is 2. The summed E-state index contributed by atoms with van der Waals surface area (Å²) in [5, 5.41) is 2.60. The van der Waals surface area contributed by atoms with Crippen molar-refractivity contribution >= 4 is 11.7 Å². The number of pyridine rings is 1. The summed E-state index contributed by atoms with van der Waals surface area (Å²) in [6, 6.07) is 1.94. The first kappa shape index (κ1) is 13.4. The first-order valence-corrected chi connectivity index (χ1v) is 5.66. The Balaban J connectivity index is 2.78. The molecule has 3 N–H and O–H groups in total. The van der Waals surface area contributed by atoms with Gasteiger partial charge in [0, 0.05) is 45.4 Å². The molecule has 1 amide bonds. The molecule has 0 unspecified atom stereocenters. The lowest BCUT2D eigenvalue weighted by Gasteiger charge is -2.21. The largest absolute Gasteiger partial charge is 0.359 e. The van der Waals surface area contributed by atoms with E-state index in [1.165, 1.54) is 0 Å². The van der Waals surface area contributed by atoms with Crippen LogP contribution in [0.4, 0.5) is 5.82 Å². The zero-order valence-electron chi connectivity index (χ0n) is 10.7. The van der Waals surface area contributed by atoms with E-state index in [0.717, 1.165) is 16.9 Å². The van der Waals surface area contributed by atoms with Crippen LogP contribution in [-0.4, -0.2) is 31.5 Å². The van der Waals surface area contributed by atoms with Crippen LogP contribution in [0.1, 0.15) is 17.5 Å². The Bertz CT molecular complexity index is 392. The van der Waals surface area contributed by atoms with Gasteiger partial charge in [0.2, 0.25) is 5.91 Å². The van der Waals surface area contributed by atoms with E-state index in [-0.39, 0.29) is 5.91 Å². The van der Waals surface area contributed by atoms with Crippen molar-refractivity contribution in [1.29, 1.82) is 0 Å². The number of carbonyl (C=O) groups excluding carboxylic acids is 1. The number of hydrogen-bond acceptors (Lipinski definition) is 4. The Kier molecular flexibility index (Phi) is 4.90. The quantitative estimate of drug-likeness (QED) is 0.777. The highest BCUT2D eigenvalue weighted by Crippen LogP contribution is 2.19.